The first kappa shape index (κ1) is 13.3. The van der Waals surface area contributed by atoms with E-state index in [4.69, 9.17) is 4.43 Å². The zero-order valence-electron chi connectivity index (χ0n) is 11.0. The number of rotatable bonds is 3. The van der Waals surface area contributed by atoms with E-state index in [1.807, 2.05) is 12.1 Å². The van der Waals surface area contributed by atoms with Gasteiger partial charge in [0.05, 0.1) is 0 Å². The van der Waals surface area contributed by atoms with Crippen LogP contribution in [0.2, 0.25) is 13.1 Å². The highest BCUT2D eigenvalue weighted by Gasteiger charge is 2.26. The fraction of sp³-hybridized carbons (Fsp3) is 0.538. The average molecular weight is 237 g/mol. The first-order valence-corrected chi connectivity index (χ1v) is 8.53. The van der Waals surface area contributed by atoms with Crippen molar-refractivity contribution in [1.29, 1.82) is 0 Å². The number of hydrogen-bond acceptors (Lipinski definition) is 1. The minimum atomic E-state index is -2.77. The standard InChI is InChI=1S/C13H21O2Si/c1-9(2)13-11(4)10(3)7-8-12(13)15-16(5,6)14/h7-9H,1-6H3. The Morgan fingerprint density at radius 2 is 1.75 bits per heavy atom. The summed E-state index contributed by atoms with van der Waals surface area (Å²) in [5, 5.41) is 0. The van der Waals surface area contributed by atoms with E-state index in [0.717, 1.165) is 5.75 Å². The molecule has 0 aliphatic carbocycles. The van der Waals surface area contributed by atoms with Gasteiger partial charge in [-0.05, 0) is 55.6 Å². The molecule has 16 heavy (non-hydrogen) atoms. The molecule has 1 aromatic rings. The Hall–Kier alpha value is -0.803. The van der Waals surface area contributed by atoms with Gasteiger partial charge in [0.15, 0.2) is 0 Å². The van der Waals surface area contributed by atoms with Crippen LogP contribution in [0.4, 0.5) is 0 Å². The first-order valence-electron chi connectivity index (χ1n) is 5.72. The lowest BCUT2D eigenvalue weighted by Gasteiger charge is -2.22. The molecule has 0 N–H and O–H groups in total. The monoisotopic (exact) mass is 237 g/mol. The Bertz CT molecular complexity index is 378. The third-order valence-corrected chi connectivity index (χ3v) is 3.39. The lowest BCUT2D eigenvalue weighted by atomic mass is 9.94. The molecular formula is C13H21O2Si. The van der Waals surface area contributed by atoms with Crippen LogP contribution in [-0.2, 0) is 4.80 Å². The second-order valence-corrected chi connectivity index (χ2v) is 8.08. The molecule has 0 saturated heterocycles. The van der Waals surface area contributed by atoms with Gasteiger partial charge in [-0.1, -0.05) is 19.9 Å². The fourth-order valence-electron chi connectivity index (χ4n) is 1.88. The van der Waals surface area contributed by atoms with E-state index in [9.17, 15) is 4.80 Å². The smallest absolute Gasteiger partial charge is 0.424 e. The van der Waals surface area contributed by atoms with Crippen molar-refractivity contribution in [3.05, 3.63) is 28.8 Å². The number of benzene rings is 1. The van der Waals surface area contributed by atoms with Gasteiger partial charge in [0.1, 0.15) is 5.75 Å². The fourth-order valence-corrected chi connectivity index (χ4v) is 2.59. The maximum atomic E-state index is 11.8. The van der Waals surface area contributed by atoms with Crippen LogP contribution in [0.25, 0.3) is 0 Å². The van der Waals surface area contributed by atoms with Crippen LogP contribution in [0.15, 0.2) is 12.1 Å². The summed E-state index contributed by atoms with van der Waals surface area (Å²) in [4.78, 5) is 11.8. The first-order chi connectivity index (χ1) is 7.22. The number of aryl methyl sites for hydroxylation is 1. The van der Waals surface area contributed by atoms with Gasteiger partial charge < -0.3 is 4.43 Å². The van der Waals surface area contributed by atoms with Crippen molar-refractivity contribution >= 4 is 8.56 Å². The lowest BCUT2D eigenvalue weighted by molar-refractivity contribution is 0.319. The maximum Gasteiger partial charge on any atom is 0.424 e. The van der Waals surface area contributed by atoms with Gasteiger partial charge in [0, 0.05) is 0 Å². The molecule has 0 aromatic heterocycles. The van der Waals surface area contributed by atoms with E-state index >= 15 is 0 Å². The summed E-state index contributed by atoms with van der Waals surface area (Å²) in [6, 6.07) is 3.96. The predicted octanol–water partition coefficient (Wildman–Crippen LogP) is 3.94. The molecule has 0 fully saturated rings. The highest BCUT2D eigenvalue weighted by atomic mass is 28.4. The summed E-state index contributed by atoms with van der Waals surface area (Å²) in [5.41, 5.74) is 3.67. The molecule has 0 heterocycles. The highest BCUT2D eigenvalue weighted by molar-refractivity contribution is 6.63. The maximum absolute atomic E-state index is 11.8. The van der Waals surface area contributed by atoms with Crippen molar-refractivity contribution in [3.63, 3.8) is 0 Å². The van der Waals surface area contributed by atoms with Crippen molar-refractivity contribution in [2.45, 2.75) is 46.7 Å². The molecular weight excluding hydrogens is 216 g/mol. The SMILES string of the molecule is Cc1ccc(O[Si](C)(C)[O])c(C(C)C)c1C. The molecule has 1 rings (SSSR count). The molecule has 3 heteroatoms. The van der Waals surface area contributed by atoms with Crippen LogP contribution in [-0.4, -0.2) is 8.56 Å². The van der Waals surface area contributed by atoms with Crippen LogP contribution in [0.3, 0.4) is 0 Å². The largest absolute Gasteiger partial charge is 0.519 e. The van der Waals surface area contributed by atoms with Gasteiger partial charge in [-0.15, -0.1) is 0 Å². The molecule has 0 unspecified atom stereocenters. The molecule has 0 atom stereocenters. The van der Waals surface area contributed by atoms with Crippen LogP contribution in [0, 0.1) is 13.8 Å². The average Bonchev–Trinajstić information content (AvgIpc) is 2.08. The van der Waals surface area contributed by atoms with Crippen LogP contribution in [0.5, 0.6) is 5.75 Å². The zero-order valence-corrected chi connectivity index (χ0v) is 12.0. The van der Waals surface area contributed by atoms with E-state index in [1.165, 1.54) is 16.7 Å². The van der Waals surface area contributed by atoms with Crippen molar-refractivity contribution in [2.24, 2.45) is 0 Å². The van der Waals surface area contributed by atoms with Gasteiger partial charge in [-0.2, -0.15) is 0 Å². The van der Waals surface area contributed by atoms with Gasteiger partial charge in [-0.3, -0.25) is 0 Å². The molecule has 1 radical (unpaired) electrons. The summed E-state index contributed by atoms with van der Waals surface area (Å²) in [6.45, 7) is 11.8. The Balaban J connectivity index is 3.24. The molecule has 0 amide bonds. The molecule has 1 aromatic carbocycles. The van der Waals surface area contributed by atoms with Crippen molar-refractivity contribution in [1.82, 2.24) is 0 Å². The van der Waals surface area contributed by atoms with E-state index in [1.54, 1.807) is 13.1 Å². The Labute approximate surface area is 99.5 Å². The van der Waals surface area contributed by atoms with E-state index < -0.39 is 8.56 Å². The van der Waals surface area contributed by atoms with Crippen molar-refractivity contribution in [2.75, 3.05) is 0 Å². The Morgan fingerprint density at radius 1 is 1.19 bits per heavy atom. The summed E-state index contributed by atoms with van der Waals surface area (Å²) >= 11 is 0. The van der Waals surface area contributed by atoms with Crippen LogP contribution in [0.1, 0.15) is 36.5 Å². The minimum absolute atomic E-state index is 0.381. The van der Waals surface area contributed by atoms with Gasteiger partial charge >= 0.3 is 8.56 Å². The highest BCUT2D eigenvalue weighted by Crippen LogP contribution is 2.32. The minimum Gasteiger partial charge on any atom is -0.519 e. The third-order valence-electron chi connectivity index (χ3n) is 2.68. The van der Waals surface area contributed by atoms with E-state index in [2.05, 4.69) is 27.7 Å². The molecule has 0 aliphatic heterocycles. The summed E-state index contributed by atoms with van der Waals surface area (Å²) in [6.07, 6.45) is 0. The summed E-state index contributed by atoms with van der Waals surface area (Å²) in [5.74, 6) is 1.16. The quantitative estimate of drug-likeness (QED) is 0.732. The topological polar surface area (TPSA) is 29.1 Å². The summed E-state index contributed by atoms with van der Waals surface area (Å²) < 4.78 is 5.61. The lowest BCUT2D eigenvalue weighted by Crippen LogP contribution is -2.32. The molecule has 0 saturated carbocycles. The van der Waals surface area contributed by atoms with Crippen LogP contribution >= 0.6 is 0 Å². The molecule has 0 bridgehead atoms. The van der Waals surface area contributed by atoms with Crippen LogP contribution < -0.4 is 4.43 Å². The molecule has 0 aliphatic rings. The molecule has 0 spiro atoms. The summed E-state index contributed by atoms with van der Waals surface area (Å²) in [7, 11) is -2.77. The third kappa shape index (κ3) is 3.09. The zero-order chi connectivity index (χ0) is 12.5. The Morgan fingerprint density at radius 3 is 2.19 bits per heavy atom. The van der Waals surface area contributed by atoms with E-state index in [-0.39, 0.29) is 0 Å². The molecule has 89 valence electrons. The van der Waals surface area contributed by atoms with Gasteiger partial charge in [0.25, 0.3) is 0 Å². The second-order valence-electron chi connectivity index (χ2n) is 5.08. The second kappa shape index (κ2) is 4.59. The normalized spacial score (nSPS) is 12.0. The Kier molecular flexibility index (Phi) is 3.81. The predicted molar refractivity (Wildman–Crippen MR) is 68.8 cm³/mol. The van der Waals surface area contributed by atoms with Crippen molar-refractivity contribution < 1.29 is 9.22 Å². The van der Waals surface area contributed by atoms with Crippen molar-refractivity contribution in [3.8, 4) is 5.75 Å². The van der Waals surface area contributed by atoms with Gasteiger partial charge in [0.2, 0.25) is 0 Å². The van der Waals surface area contributed by atoms with E-state index in [0.29, 0.717) is 5.92 Å². The van der Waals surface area contributed by atoms with Gasteiger partial charge in [-0.25, -0.2) is 4.80 Å². The number of hydrogen-bond donors (Lipinski definition) is 0. The molecule has 2 nitrogen and oxygen atoms in total.